The summed E-state index contributed by atoms with van der Waals surface area (Å²) >= 11 is 0. The Bertz CT molecular complexity index is 595. The lowest BCUT2D eigenvalue weighted by molar-refractivity contribution is -0.144. The van der Waals surface area contributed by atoms with Crippen LogP contribution in [0.4, 0.5) is 4.39 Å². The molecular formula is C13H15FO5S. The molecule has 7 heteroatoms. The van der Waals surface area contributed by atoms with Gasteiger partial charge in [-0.15, -0.1) is 0 Å². The van der Waals surface area contributed by atoms with Crippen LogP contribution in [0.15, 0.2) is 29.2 Å². The van der Waals surface area contributed by atoms with Crippen LogP contribution in [-0.2, 0) is 24.2 Å². The maximum absolute atomic E-state index is 13.0. The molecule has 1 rings (SSSR count). The van der Waals surface area contributed by atoms with Crippen molar-refractivity contribution >= 4 is 21.6 Å². The predicted octanol–water partition coefficient (Wildman–Crippen LogP) is 1.51. The third-order valence-corrected chi connectivity index (χ3v) is 4.09. The van der Waals surface area contributed by atoms with Gasteiger partial charge >= 0.3 is 5.97 Å². The minimum Gasteiger partial charge on any atom is -0.466 e. The number of ketones is 1. The van der Waals surface area contributed by atoms with Gasteiger partial charge in [-0.25, -0.2) is 12.8 Å². The molecule has 0 atom stereocenters. The third-order valence-electron chi connectivity index (χ3n) is 2.42. The van der Waals surface area contributed by atoms with E-state index in [4.69, 9.17) is 0 Å². The summed E-state index contributed by atoms with van der Waals surface area (Å²) < 4.78 is 41.3. The topological polar surface area (TPSA) is 77.5 Å². The van der Waals surface area contributed by atoms with Crippen LogP contribution < -0.4 is 0 Å². The van der Waals surface area contributed by atoms with E-state index in [1.807, 2.05) is 0 Å². The number of sulfone groups is 1. The van der Waals surface area contributed by atoms with Crippen molar-refractivity contribution in [3.63, 3.8) is 0 Å². The Morgan fingerprint density at radius 2 is 1.95 bits per heavy atom. The van der Waals surface area contributed by atoms with Crippen LogP contribution in [0.2, 0.25) is 0 Å². The second-order valence-corrected chi connectivity index (χ2v) is 6.05. The van der Waals surface area contributed by atoms with Gasteiger partial charge in [0, 0.05) is 6.42 Å². The Balaban J connectivity index is 2.63. The summed E-state index contributed by atoms with van der Waals surface area (Å²) in [5.41, 5.74) is 0. The summed E-state index contributed by atoms with van der Waals surface area (Å²) in [5, 5.41) is 0. The molecular weight excluding hydrogens is 287 g/mol. The van der Waals surface area contributed by atoms with Gasteiger partial charge in [-0.1, -0.05) is 6.07 Å². The largest absolute Gasteiger partial charge is 0.466 e. The van der Waals surface area contributed by atoms with Crippen molar-refractivity contribution < 1.29 is 27.1 Å². The number of rotatable bonds is 7. The minimum atomic E-state index is -3.88. The molecule has 0 spiro atoms. The van der Waals surface area contributed by atoms with Gasteiger partial charge in [0.05, 0.1) is 17.9 Å². The SMILES string of the molecule is CCOC(=O)CCC(=O)CS(=O)(=O)c1cccc(F)c1. The minimum absolute atomic E-state index is 0.161. The molecule has 110 valence electrons. The molecule has 0 bridgehead atoms. The quantitative estimate of drug-likeness (QED) is 0.713. The lowest BCUT2D eigenvalue weighted by atomic mass is 10.2. The highest BCUT2D eigenvalue weighted by molar-refractivity contribution is 7.92. The second-order valence-electron chi connectivity index (χ2n) is 4.06. The molecule has 20 heavy (non-hydrogen) atoms. The summed E-state index contributed by atoms with van der Waals surface area (Å²) in [6.45, 7) is 1.84. The molecule has 1 aromatic carbocycles. The van der Waals surface area contributed by atoms with Gasteiger partial charge in [0.25, 0.3) is 0 Å². The maximum atomic E-state index is 13.0. The first-order valence-electron chi connectivity index (χ1n) is 6.01. The van der Waals surface area contributed by atoms with Gasteiger partial charge in [0.1, 0.15) is 17.4 Å². The number of halogens is 1. The highest BCUT2D eigenvalue weighted by Gasteiger charge is 2.20. The lowest BCUT2D eigenvalue weighted by Gasteiger charge is -2.04. The van der Waals surface area contributed by atoms with E-state index in [1.54, 1.807) is 6.92 Å². The van der Waals surface area contributed by atoms with E-state index in [0.29, 0.717) is 0 Å². The number of carbonyl (C=O) groups is 2. The summed E-state index contributed by atoms with van der Waals surface area (Å²) in [6, 6.07) is 4.44. The molecule has 0 heterocycles. The Morgan fingerprint density at radius 3 is 2.55 bits per heavy atom. The molecule has 0 aromatic heterocycles. The Morgan fingerprint density at radius 1 is 1.25 bits per heavy atom. The smallest absolute Gasteiger partial charge is 0.306 e. The maximum Gasteiger partial charge on any atom is 0.306 e. The molecule has 0 aliphatic carbocycles. The van der Waals surface area contributed by atoms with Gasteiger partial charge in [-0.05, 0) is 25.1 Å². The molecule has 0 fully saturated rings. The normalized spacial score (nSPS) is 11.1. The summed E-state index contributed by atoms with van der Waals surface area (Å²) in [6.07, 6.45) is -0.376. The van der Waals surface area contributed by atoms with Crippen LogP contribution in [0.1, 0.15) is 19.8 Å². The van der Waals surface area contributed by atoms with Gasteiger partial charge in [-0.3, -0.25) is 9.59 Å². The third kappa shape index (κ3) is 5.08. The Kier molecular flexibility index (Phi) is 5.82. The number of hydrogen-bond donors (Lipinski definition) is 0. The summed E-state index contributed by atoms with van der Waals surface area (Å²) in [7, 11) is -3.88. The van der Waals surface area contributed by atoms with Crippen LogP contribution in [0, 0.1) is 5.82 Å². The van der Waals surface area contributed by atoms with Crippen LogP contribution >= 0.6 is 0 Å². The predicted molar refractivity (Wildman–Crippen MR) is 69.3 cm³/mol. The first-order chi connectivity index (χ1) is 9.35. The summed E-state index contributed by atoms with van der Waals surface area (Å²) in [4.78, 5) is 22.4. The average Bonchev–Trinajstić information content (AvgIpc) is 2.36. The van der Waals surface area contributed by atoms with Gasteiger partial charge in [0.15, 0.2) is 9.84 Å². The number of Topliss-reactive ketones (excluding diaryl/α,β-unsaturated/α-hetero) is 1. The van der Waals surface area contributed by atoms with E-state index in [2.05, 4.69) is 4.74 Å². The molecule has 0 radical (unpaired) electrons. The summed E-state index contributed by atoms with van der Waals surface area (Å²) in [5.74, 6) is -2.60. The molecule has 0 amide bonds. The van der Waals surface area contributed by atoms with Crippen molar-refractivity contribution in [3.8, 4) is 0 Å². The highest BCUT2D eigenvalue weighted by atomic mass is 32.2. The number of ether oxygens (including phenoxy) is 1. The van der Waals surface area contributed by atoms with Crippen molar-refractivity contribution in [3.05, 3.63) is 30.1 Å². The van der Waals surface area contributed by atoms with Crippen LogP contribution in [0.3, 0.4) is 0 Å². The van der Waals surface area contributed by atoms with Crippen molar-refractivity contribution in [1.29, 1.82) is 0 Å². The lowest BCUT2D eigenvalue weighted by Crippen LogP contribution is -2.17. The number of hydrogen-bond acceptors (Lipinski definition) is 5. The molecule has 1 aromatic rings. The monoisotopic (exact) mass is 302 g/mol. The van der Waals surface area contributed by atoms with E-state index in [9.17, 15) is 22.4 Å². The Labute approximate surface area is 116 Å². The van der Waals surface area contributed by atoms with Crippen LogP contribution in [-0.4, -0.2) is 32.5 Å². The van der Waals surface area contributed by atoms with Crippen LogP contribution in [0.5, 0.6) is 0 Å². The zero-order chi connectivity index (χ0) is 15.2. The van der Waals surface area contributed by atoms with Crippen molar-refractivity contribution in [2.75, 3.05) is 12.4 Å². The Hall–Kier alpha value is -1.76. The second kappa shape index (κ2) is 7.14. The van der Waals surface area contributed by atoms with Crippen molar-refractivity contribution in [2.24, 2.45) is 0 Å². The van der Waals surface area contributed by atoms with E-state index < -0.39 is 33.2 Å². The molecule has 0 N–H and O–H groups in total. The number of carbonyl (C=O) groups excluding carboxylic acids is 2. The fourth-order valence-electron chi connectivity index (χ4n) is 1.50. The number of benzene rings is 1. The van der Waals surface area contributed by atoms with Gasteiger partial charge < -0.3 is 4.74 Å². The molecule has 0 unspecified atom stereocenters. The standard InChI is InChI=1S/C13H15FO5S/c1-2-19-13(16)7-6-11(15)9-20(17,18)12-5-3-4-10(14)8-12/h3-5,8H,2,6-7,9H2,1H3. The average molecular weight is 302 g/mol. The van der Waals surface area contributed by atoms with Gasteiger partial charge in [0.2, 0.25) is 0 Å². The number of esters is 1. The first kappa shape index (κ1) is 16.3. The highest BCUT2D eigenvalue weighted by Crippen LogP contribution is 2.13. The molecule has 0 saturated heterocycles. The molecule has 0 aliphatic heterocycles. The van der Waals surface area contributed by atoms with Gasteiger partial charge in [-0.2, -0.15) is 0 Å². The zero-order valence-electron chi connectivity index (χ0n) is 11.0. The zero-order valence-corrected chi connectivity index (χ0v) is 11.8. The molecule has 0 aliphatic rings. The van der Waals surface area contributed by atoms with E-state index >= 15 is 0 Å². The first-order valence-corrected chi connectivity index (χ1v) is 7.66. The van der Waals surface area contributed by atoms with E-state index in [1.165, 1.54) is 12.1 Å². The fourth-order valence-corrected chi connectivity index (χ4v) is 2.82. The molecule has 5 nitrogen and oxygen atoms in total. The molecule has 0 saturated carbocycles. The van der Waals surface area contributed by atoms with Crippen LogP contribution in [0.25, 0.3) is 0 Å². The van der Waals surface area contributed by atoms with Crippen molar-refractivity contribution in [2.45, 2.75) is 24.7 Å². The van der Waals surface area contributed by atoms with Crippen molar-refractivity contribution in [1.82, 2.24) is 0 Å². The fraction of sp³-hybridized carbons (Fsp3) is 0.385. The van der Waals surface area contributed by atoms with E-state index in [0.717, 1.165) is 12.1 Å². The van der Waals surface area contributed by atoms with E-state index in [-0.39, 0.29) is 24.3 Å².